The minimum absolute atomic E-state index is 0.153. The molecule has 0 amide bonds. The van der Waals surface area contributed by atoms with Gasteiger partial charge < -0.3 is 24.7 Å². The van der Waals surface area contributed by atoms with E-state index < -0.39 is 16.9 Å². The molecule has 0 aromatic heterocycles. The minimum Gasteiger partial charge on any atom is -0.495 e. The molecule has 10 nitrogen and oxygen atoms in total. The number of nitro benzene ring substituents is 1. The fourth-order valence-corrected chi connectivity index (χ4v) is 2.27. The van der Waals surface area contributed by atoms with E-state index in [0.717, 1.165) is 5.56 Å². The van der Waals surface area contributed by atoms with E-state index in [1.807, 2.05) is 0 Å². The third-order valence-electron chi connectivity index (χ3n) is 3.88. The highest BCUT2D eigenvalue weighted by atomic mass is 16.6. The SMILES string of the molecule is COC(=O)/C=C/c1ccc(OC)c(N)c1.COC(=O)/C=C/c1ccc(OC)c([N+](=O)[O-])c1. The van der Waals surface area contributed by atoms with Gasteiger partial charge in [0.15, 0.2) is 5.75 Å². The first-order chi connectivity index (χ1) is 15.2. The van der Waals surface area contributed by atoms with Crippen molar-refractivity contribution in [3.8, 4) is 11.5 Å². The van der Waals surface area contributed by atoms with Crippen molar-refractivity contribution in [3.05, 3.63) is 69.8 Å². The molecule has 170 valence electrons. The highest BCUT2D eigenvalue weighted by Gasteiger charge is 2.14. The lowest BCUT2D eigenvalue weighted by Gasteiger charge is -2.04. The molecule has 0 aliphatic carbocycles. The fourth-order valence-electron chi connectivity index (χ4n) is 2.27. The van der Waals surface area contributed by atoms with Gasteiger partial charge in [-0.2, -0.15) is 0 Å². The van der Waals surface area contributed by atoms with Gasteiger partial charge in [0.05, 0.1) is 39.0 Å². The Morgan fingerprint density at radius 3 is 1.72 bits per heavy atom. The molecule has 2 rings (SSSR count). The van der Waals surface area contributed by atoms with Crippen LogP contribution in [0.2, 0.25) is 0 Å². The van der Waals surface area contributed by atoms with Crippen molar-refractivity contribution < 1.29 is 33.5 Å². The maximum Gasteiger partial charge on any atom is 0.330 e. The molecule has 2 aromatic carbocycles. The predicted octanol–water partition coefficient (Wildman–Crippen LogP) is 3.25. The van der Waals surface area contributed by atoms with E-state index >= 15 is 0 Å². The number of nitro groups is 1. The number of rotatable bonds is 7. The monoisotopic (exact) mass is 444 g/mol. The molecule has 0 unspecified atom stereocenters. The van der Waals surface area contributed by atoms with Crippen molar-refractivity contribution >= 4 is 35.5 Å². The summed E-state index contributed by atoms with van der Waals surface area (Å²) in [5.74, 6) is -0.136. The van der Waals surface area contributed by atoms with Crippen LogP contribution in [0.15, 0.2) is 48.6 Å². The van der Waals surface area contributed by atoms with Crippen LogP contribution in [-0.4, -0.2) is 45.3 Å². The second-order valence-corrected chi connectivity index (χ2v) is 5.90. The van der Waals surface area contributed by atoms with Gasteiger partial charge in [-0.05, 0) is 41.5 Å². The van der Waals surface area contributed by atoms with Gasteiger partial charge in [-0.1, -0.05) is 12.1 Å². The van der Waals surface area contributed by atoms with E-state index in [1.165, 1.54) is 51.7 Å². The zero-order valence-electron chi connectivity index (χ0n) is 18.1. The van der Waals surface area contributed by atoms with Crippen LogP contribution >= 0.6 is 0 Å². The van der Waals surface area contributed by atoms with Gasteiger partial charge in [0.2, 0.25) is 0 Å². The topological polar surface area (TPSA) is 140 Å². The Morgan fingerprint density at radius 2 is 1.31 bits per heavy atom. The van der Waals surface area contributed by atoms with Gasteiger partial charge in [0, 0.05) is 18.2 Å². The molecule has 2 aromatic rings. The first kappa shape index (κ1) is 25.7. The molecule has 0 bridgehead atoms. The lowest BCUT2D eigenvalue weighted by molar-refractivity contribution is -0.385. The van der Waals surface area contributed by atoms with Crippen LogP contribution in [0.4, 0.5) is 11.4 Å². The zero-order chi connectivity index (χ0) is 24.1. The van der Waals surface area contributed by atoms with Crippen molar-refractivity contribution in [1.29, 1.82) is 0 Å². The van der Waals surface area contributed by atoms with Crippen molar-refractivity contribution in [2.45, 2.75) is 0 Å². The minimum atomic E-state index is -0.547. The van der Waals surface area contributed by atoms with Crippen molar-refractivity contribution in [1.82, 2.24) is 0 Å². The molecule has 2 N–H and O–H groups in total. The zero-order valence-corrected chi connectivity index (χ0v) is 18.1. The summed E-state index contributed by atoms with van der Waals surface area (Å²) in [6, 6.07) is 9.65. The number of ether oxygens (including phenoxy) is 4. The van der Waals surface area contributed by atoms with E-state index in [-0.39, 0.29) is 11.4 Å². The van der Waals surface area contributed by atoms with Gasteiger partial charge in [0.1, 0.15) is 5.75 Å². The lowest BCUT2D eigenvalue weighted by Crippen LogP contribution is -1.95. The van der Waals surface area contributed by atoms with Crippen LogP contribution in [0.5, 0.6) is 11.5 Å². The average Bonchev–Trinajstić information content (AvgIpc) is 2.81. The van der Waals surface area contributed by atoms with Gasteiger partial charge in [-0.3, -0.25) is 10.1 Å². The molecule has 0 saturated heterocycles. The van der Waals surface area contributed by atoms with E-state index in [0.29, 0.717) is 17.0 Å². The number of anilines is 1. The van der Waals surface area contributed by atoms with Crippen LogP contribution in [0.25, 0.3) is 12.2 Å². The van der Waals surface area contributed by atoms with Gasteiger partial charge in [0.25, 0.3) is 0 Å². The first-order valence-electron chi connectivity index (χ1n) is 9.03. The Balaban J connectivity index is 0.000000323. The summed E-state index contributed by atoms with van der Waals surface area (Å²) in [5.41, 5.74) is 7.41. The van der Waals surface area contributed by atoms with Gasteiger partial charge in [-0.15, -0.1) is 0 Å². The summed E-state index contributed by atoms with van der Waals surface area (Å²) in [5, 5.41) is 10.7. The number of methoxy groups -OCH3 is 4. The van der Waals surface area contributed by atoms with Gasteiger partial charge >= 0.3 is 17.6 Å². The van der Waals surface area contributed by atoms with Crippen molar-refractivity contribution in [2.24, 2.45) is 0 Å². The van der Waals surface area contributed by atoms with E-state index in [9.17, 15) is 19.7 Å². The van der Waals surface area contributed by atoms with Crippen LogP contribution in [0.3, 0.4) is 0 Å². The molecule has 0 radical (unpaired) electrons. The van der Waals surface area contributed by atoms with E-state index in [2.05, 4.69) is 9.47 Å². The predicted molar refractivity (Wildman–Crippen MR) is 119 cm³/mol. The highest BCUT2D eigenvalue weighted by Crippen LogP contribution is 2.28. The summed E-state index contributed by atoms with van der Waals surface area (Å²) >= 11 is 0. The number of nitrogens with zero attached hydrogens (tertiary/aromatic N) is 1. The summed E-state index contributed by atoms with van der Waals surface area (Å²) in [4.78, 5) is 31.9. The summed E-state index contributed by atoms with van der Waals surface area (Å²) < 4.78 is 18.7. The second-order valence-electron chi connectivity index (χ2n) is 5.90. The van der Waals surface area contributed by atoms with Crippen LogP contribution in [-0.2, 0) is 19.1 Å². The second kappa shape index (κ2) is 13.1. The molecular weight excluding hydrogens is 420 g/mol. The normalized spacial score (nSPS) is 10.2. The Kier molecular flexibility index (Phi) is 10.5. The Labute approximate surface area is 185 Å². The van der Waals surface area contributed by atoms with Crippen molar-refractivity contribution in [3.63, 3.8) is 0 Å². The van der Waals surface area contributed by atoms with E-state index in [1.54, 1.807) is 37.5 Å². The average molecular weight is 444 g/mol. The van der Waals surface area contributed by atoms with Crippen LogP contribution in [0, 0.1) is 10.1 Å². The molecule has 0 atom stereocenters. The number of nitrogens with two attached hydrogens (primary N) is 1. The van der Waals surface area contributed by atoms with E-state index in [4.69, 9.17) is 15.2 Å². The smallest absolute Gasteiger partial charge is 0.330 e. The molecule has 10 heteroatoms. The molecule has 0 aliphatic heterocycles. The van der Waals surface area contributed by atoms with Crippen LogP contribution < -0.4 is 15.2 Å². The Morgan fingerprint density at radius 1 is 0.844 bits per heavy atom. The third-order valence-corrected chi connectivity index (χ3v) is 3.88. The first-order valence-corrected chi connectivity index (χ1v) is 9.03. The molecule has 0 heterocycles. The number of hydrogen-bond acceptors (Lipinski definition) is 9. The fraction of sp³-hybridized carbons (Fsp3) is 0.182. The lowest BCUT2D eigenvalue weighted by atomic mass is 10.1. The van der Waals surface area contributed by atoms with Crippen molar-refractivity contribution in [2.75, 3.05) is 34.2 Å². The van der Waals surface area contributed by atoms with Crippen LogP contribution in [0.1, 0.15) is 11.1 Å². The number of esters is 2. The maximum absolute atomic E-state index is 10.9. The molecule has 0 saturated carbocycles. The van der Waals surface area contributed by atoms with Gasteiger partial charge in [-0.25, -0.2) is 9.59 Å². The number of hydrogen-bond donors (Lipinski definition) is 1. The molecule has 0 spiro atoms. The number of carbonyl (C=O) groups is 2. The summed E-state index contributed by atoms with van der Waals surface area (Å²) in [7, 11) is 5.49. The molecular formula is C22H24N2O8. The summed E-state index contributed by atoms with van der Waals surface area (Å²) in [6.45, 7) is 0. The number of carbonyl (C=O) groups excluding carboxylic acids is 2. The maximum atomic E-state index is 10.9. The molecule has 32 heavy (non-hydrogen) atoms. The standard InChI is InChI=1S/C11H11NO5.C11H13NO3/c1-16-10-5-3-8(4-6-11(13)17-2)7-9(10)12(14)15;1-14-10-5-3-8(7-9(10)12)4-6-11(13)15-2/h3-7H,1-2H3;3-7H,12H2,1-2H3/b2*6-4+. The number of nitrogen functional groups attached to an aromatic ring is 1. The molecule has 0 aliphatic rings. The number of benzene rings is 2. The molecule has 0 fully saturated rings. The Hall–Kier alpha value is -4.34. The highest BCUT2D eigenvalue weighted by molar-refractivity contribution is 5.87. The largest absolute Gasteiger partial charge is 0.495 e. The Bertz CT molecular complexity index is 1010. The summed E-state index contributed by atoms with van der Waals surface area (Å²) in [6.07, 6.45) is 5.58. The quantitative estimate of drug-likeness (QED) is 0.224. The third kappa shape index (κ3) is 8.19.